The Morgan fingerprint density at radius 2 is 2.17 bits per heavy atom. The van der Waals surface area contributed by atoms with Crippen LogP contribution in [0.2, 0.25) is 0 Å². The van der Waals surface area contributed by atoms with Crippen LogP contribution >= 0.6 is 11.3 Å². The van der Waals surface area contributed by atoms with Crippen molar-refractivity contribution in [1.82, 2.24) is 9.78 Å². The second kappa shape index (κ2) is 2.33. The summed E-state index contributed by atoms with van der Waals surface area (Å²) in [7, 11) is 0. The molecule has 0 unspecified atom stereocenters. The van der Waals surface area contributed by atoms with E-state index in [0.29, 0.717) is 0 Å². The SMILES string of the molecule is CC(C)(C)n1cc2ccsc2n1. The first-order valence-corrected chi connectivity index (χ1v) is 4.89. The van der Waals surface area contributed by atoms with Crippen LogP contribution in [0.25, 0.3) is 10.2 Å². The lowest BCUT2D eigenvalue weighted by molar-refractivity contribution is 0.358. The van der Waals surface area contributed by atoms with Crippen LogP contribution in [-0.2, 0) is 5.54 Å². The molecule has 12 heavy (non-hydrogen) atoms. The molecule has 0 spiro atoms. The molecule has 0 N–H and O–H groups in total. The number of aromatic nitrogens is 2. The molecule has 0 aliphatic rings. The Labute approximate surface area is 75.8 Å². The van der Waals surface area contributed by atoms with E-state index >= 15 is 0 Å². The van der Waals surface area contributed by atoms with Crippen molar-refractivity contribution in [3.63, 3.8) is 0 Å². The molecule has 0 saturated heterocycles. The van der Waals surface area contributed by atoms with Gasteiger partial charge in [0, 0.05) is 11.6 Å². The molecule has 0 aliphatic carbocycles. The minimum Gasteiger partial charge on any atom is -0.265 e. The first-order chi connectivity index (χ1) is 5.57. The second-order valence-corrected chi connectivity index (χ2v) is 4.82. The van der Waals surface area contributed by atoms with E-state index in [1.807, 2.05) is 4.68 Å². The third-order valence-electron chi connectivity index (χ3n) is 1.82. The maximum Gasteiger partial charge on any atom is 0.145 e. The predicted octanol–water partition coefficient (Wildman–Crippen LogP) is 2.85. The van der Waals surface area contributed by atoms with Gasteiger partial charge in [0.2, 0.25) is 0 Å². The molecule has 0 bridgehead atoms. The number of fused-ring (bicyclic) bond motifs is 1. The highest BCUT2D eigenvalue weighted by Crippen LogP contribution is 2.22. The number of nitrogens with zero attached hydrogens (tertiary/aromatic N) is 2. The topological polar surface area (TPSA) is 17.8 Å². The van der Waals surface area contributed by atoms with E-state index in [1.165, 1.54) is 5.39 Å². The van der Waals surface area contributed by atoms with Crippen molar-refractivity contribution in [1.29, 1.82) is 0 Å². The summed E-state index contributed by atoms with van der Waals surface area (Å²) in [6.07, 6.45) is 2.10. The summed E-state index contributed by atoms with van der Waals surface area (Å²) in [5.74, 6) is 0. The Kier molecular flexibility index (Phi) is 1.51. The fourth-order valence-electron chi connectivity index (χ4n) is 1.09. The molecule has 2 aromatic rings. The lowest BCUT2D eigenvalue weighted by Crippen LogP contribution is -2.21. The van der Waals surface area contributed by atoms with Gasteiger partial charge in [0.05, 0.1) is 5.54 Å². The van der Waals surface area contributed by atoms with Crippen LogP contribution in [0.1, 0.15) is 20.8 Å². The van der Waals surface area contributed by atoms with Gasteiger partial charge in [-0.15, -0.1) is 11.3 Å². The van der Waals surface area contributed by atoms with Crippen LogP contribution < -0.4 is 0 Å². The molecule has 2 aromatic heterocycles. The van der Waals surface area contributed by atoms with Crippen LogP contribution in [-0.4, -0.2) is 9.78 Å². The molecule has 0 aromatic carbocycles. The highest BCUT2D eigenvalue weighted by atomic mass is 32.1. The van der Waals surface area contributed by atoms with Crippen molar-refractivity contribution < 1.29 is 0 Å². The minimum absolute atomic E-state index is 0.0960. The Morgan fingerprint density at radius 1 is 1.42 bits per heavy atom. The smallest absolute Gasteiger partial charge is 0.145 e. The zero-order chi connectivity index (χ0) is 8.77. The Morgan fingerprint density at radius 3 is 2.75 bits per heavy atom. The Hall–Kier alpha value is -0.830. The van der Waals surface area contributed by atoms with Crippen LogP contribution in [0.15, 0.2) is 17.6 Å². The highest BCUT2D eigenvalue weighted by Gasteiger charge is 2.14. The molecule has 0 atom stereocenters. The van der Waals surface area contributed by atoms with E-state index in [-0.39, 0.29) is 5.54 Å². The van der Waals surface area contributed by atoms with Gasteiger partial charge >= 0.3 is 0 Å². The van der Waals surface area contributed by atoms with E-state index in [0.717, 1.165) is 4.83 Å². The van der Waals surface area contributed by atoms with E-state index in [1.54, 1.807) is 11.3 Å². The molecule has 2 nitrogen and oxygen atoms in total. The van der Waals surface area contributed by atoms with Gasteiger partial charge in [-0.1, -0.05) is 0 Å². The van der Waals surface area contributed by atoms with Crippen molar-refractivity contribution in [3.05, 3.63) is 17.6 Å². The monoisotopic (exact) mass is 180 g/mol. The molecular formula is C9H12N2S. The van der Waals surface area contributed by atoms with E-state index in [4.69, 9.17) is 0 Å². The van der Waals surface area contributed by atoms with Crippen LogP contribution in [0.4, 0.5) is 0 Å². The molecular weight excluding hydrogens is 168 g/mol. The number of thiophene rings is 1. The van der Waals surface area contributed by atoms with Crippen molar-refractivity contribution >= 4 is 21.6 Å². The summed E-state index contributed by atoms with van der Waals surface area (Å²) in [4.78, 5) is 1.13. The van der Waals surface area contributed by atoms with E-state index in [9.17, 15) is 0 Å². The fourth-order valence-corrected chi connectivity index (χ4v) is 1.83. The maximum atomic E-state index is 4.48. The average molecular weight is 180 g/mol. The van der Waals surface area contributed by atoms with E-state index < -0.39 is 0 Å². The average Bonchev–Trinajstić information content (AvgIpc) is 2.37. The maximum absolute atomic E-state index is 4.48. The van der Waals surface area contributed by atoms with Gasteiger partial charge in [0.15, 0.2) is 0 Å². The zero-order valence-electron chi connectivity index (χ0n) is 7.53. The van der Waals surface area contributed by atoms with Crippen molar-refractivity contribution in [2.24, 2.45) is 0 Å². The largest absolute Gasteiger partial charge is 0.265 e. The van der Waals surface area contributed by atoms with Crippen LogP contribution in [0, 0.1) is 0 Å². The molecule has 2 heterocycles. The number of rotatable bonds is 0. The predicted molar refractivity (Wildman–Crippen MR) is 52.6 cm³/mol. The summed E-state index contributed by atoms with van der Waals surface area (Å²) < 4.78 is 2.02. The molecule has 0 radical (unpaired) electrons. The molecule has 0 amide bonds. The summed E-state index contributed by atoms with van der Waals surface area (Å²) in [5.41, 5.74) is 0.0960. The summed E-state index contributed by atoms with van der Waals surface area (Å²) in [6.45, 7) is 6.47. The lowest BCUT2D eigenvalue weighted by atomic mass is 10.1. The summed E-state index contributed by atoms with van der Waals surface area (Å²) in [5, 5.41) is 7.80. The molecule has 64 valence electrons. The molecule has 3 heteroatoms. The summed E-state index contributed by atoms with van der Waals surface area (Å²) >= 11 is 1.69. The number of hydrogen-bond donors (Lipinski definition) is 0. The third-order valence-corrected chi connectivity index (χ3v) is 2.63. The highest BCUT2D eigenvalue weighted by molar-refractivity contribution is 7.16. The molecule has 0 saturated carbocycles. The van der Waals surface area contributed by atoms with Crippen molar-refractivity contribution in [3.8, 4) is 0 Å². The fraction of sp³-hybridized carbons (Fsp3) is 0.444. The van der Waals surface area contributed by atoms with E-state index in [2.05, 4.69) is 43.5 Å². The van der Waals surface area contributed by atoms with Gasteiger partial charge < -0.3 is 0 Å². The van der Waals surface area contributed by atoms with Crippen LogP contribution in [0.3, 0.4) is 0 Å². The standard InChI is InChI=1S/C9H12N2S/c1-9(2,3)11-6-7-4-5-12-8(7)10-11/h4-6H,1-3H3. The van der Waals surface area contributed by atoms with Crippen LogP contribution in [0.5, 0.6) is 0 Å². The normalized spacial score (nSPS) is 12.6. The molecule has 0 aliphatic heterocycles. The van der Waals surface area contributed by atoms with Gasteiger partial charge in [-0.2, -0.15) is 5.10 Å². The molecule has 2 rings (SSSR count). The first-order valence-electron chi connectivity index (χ1n) is 4.01. The van der Waals surface area contributed by atoms with Gasteiger partial charge in [0.1, 0.15) is 4.83 Å². The van der Waals surface area contributed by atoms with Gasteiger partial charge in [-0.05, 0) is 32.2 Å². The Balaban J connectivity index is 2.59. The Bertz CT molecular complexity index is 363. The third kappa shape index (κ3) is 1.14. The van der Waals surface area contributed by atoms with Crippen molar-refractivity contribution in [2.75, 3.05) is 0 Å². The van der Waals surface area contributed by atoms with Gasteiger partial charge in [-0.25, -0.2) is 0 Å². The molecule has 0 fully saturated rings. The quantitative estimate of drug-likeness (QED) is 0.609. The summed E-state index contributed by atoms with van der Waals surface area (Å²) in [6, 6.07) is 2.11. The number of hydrogen-bond acceptors (Lipinski definition) is 2. The van der Waals surface area contributed by atoms with Gasteiger partial charge in [-0.3, -0.25) is 4.68 Å². The van der Waals surface area contributed by atoms with Crippen molar-refractivity contribution in [2.45, 2.75) is 26.3 Å². The zero-order valence-corrected chi connectivity index (χ0v) is 8.35. The minimum atomic E-state index is 0.0960. The van der Waals surface area contributed by atoms with Gasteiger partial charge in [0.25, 0.3) is 0 Å². The second-order valence-electron chi connectivity index (χ2n) is 3.93. The lowest BCUT2D eigenvalue weighted by Gasteiger charge is -2.18. The first kappa shape index (κ1) is 7.80.